The van der Waals surface area contributed by atoms with Crippen molar-refractivity contribution in [3.05, 3.63) is 0 Å². The average molecular weight is 232 g/mol. The van der Waals surface area contributed by atoms with Crippen LogP contribution in [-0.4, -0.2) is 35.9 Å². The van der Waals surface area contributed by atoms with Crippen molar-refractivity contribution in [2.24, 2.45) is 5.92 Å². The lowest BCUT2D eigenvalue weighted by Crippen LogP contribution is -2.27. The molecule has 1 N–H and O–H groups in total. The maximum Gasteiger partial charge on any atom is 0.508 e. The SMILES string of the molecule is CC1CC(COC(=O)OC(C)(C)C)OC1O. The van der Waals surface area contributed by atoms with Gasteiger partial charge in [-0.2, -0.15) is 0 Å². The van der Waals surface area contributed by atoms with Crippen LogP contribution in [0.3, 0.4) is 0 Å². The molecule has 0 spiro atoms. The van der Waals surface area contributed by atoms with Crippen LogP contribution in [0.15, 0.2) is 0 Å². The molecule has 0 aromatic heterocycles. The molecule has 1 aliphatic rings. The van der Waals surface area contributed by atoms with Crippen molar-refractivity contribution < 1.29 is 24.1 Å². The molecule has 5 nitrogen and oxygen atoms in total. The Morgan fingerprint density at radius 1 is 1.50 bits per heavy atom. The van der Waals surface area contributed by atoms with Crippen molar-refractivity contribution in [1.29, 1.82) is 0 Å². The summed E-state index contributed by atoms with van der Waals surface area (Å²) in [4.78, 5) is 11.2. The second-order valence-electron chi connectivity index (χ2n) is 5.14. The Hall–Kier alpha value is -0.810. The molecule has 0 amide bonds. The Bertz CT molecular complexity index is 235. The minimum Gasteiger partial charge on any atom is -0.432 e. The summed E-state index contributed by atoms with van der Waals surface area (Å²) in [6, 6.07) is 0. The van der Waals surface area contributed by atoms with E-state index in [-0.39, 0.29) is 18.6 Å². The first-order valence-electron chi connectivity index (χ1n) is 5.47. The van der Waals surface area contributed by atoms with E-state index in [1.165, 1.54) is 0 Å². The van der Waals surface area contributed by atoms with Gasteiger partial charge in [-0.1, -0.05) is 6.92 Å². The van der Waals surface area contributed by atoms with Crippen LogP contribution in [0.1, 0.15) is 34.1 Å². The molecule has 1 saturated heterocycles. The zero-order chi connectivity index (χ0) is 12.3. The normalized spacial score (nSPS) is 30.2. The van der Waals surface area contributed by atoms with Crippen LogP contribution in [0.2, 0.25) is 0 Å². The maximum absolute atomic E-state index is 11.2. The second kappa shape index (κ2) is 5.01. The Kier molecular flexibility index (Phi) is 4.15. The number of ether oxygens (including phenoxy) is 3. The first-order chi connectivity index (χ1) is 7.28. The molecule has 0 aromatic carbocycles. The summed E-state index contributed by atoms with van der Waals surface area (Å²) in [5.41, 5.74) is -0.555. The molecule has 0 saturated carbocycles. The molecular weight excluding hydrogens is 212 g/mol. The van der Waals surface area contributed by atoms with Crippen LogP contribution in [-0.2, 0) is 14.2 Å². The summed E-state index contributed by atoms with van der Waals surface area (Å²) >= 11 is 0. The van der Waals surface area contributed by atoms with Crippen LogP contribution in [0.5, 0.6) is 0 Å². The van der Waals surface area contributed by atoms with Gasteiger partial charge in [0.05, 0.1) is 6.10 Å². The van der Waals surface area contributed by atoms with Gasteiger partial charge in [-0.15, -0.1) is 0 Å². The standard InChI is InChI=1S/C11H20O5/c1-7-5-8(15-9(7)12)6-14-10(13)16-11(2,3)4/h7-9,12H,5-6H2,1-4H3. The minimum atomic E-state index is -0.757. The number of hydrogen-bond donors (Lipinski definition) is 1. The van der Waals surface area contributed by atoms with Crippen LogP contribution < -0.4 is 0 Å². The predicted molar refractivity (Wildman–Crippen MR) is 56.8 cm³/mol. The number of aliphatic hydroxyl groups excluding tert-OH is 1. The Morgan fingerprint density at radius 3 is 2.56 bits per heavy atom. The van der Waals surface area contributed by atoms with Gasteiger partial charge in [0.1, 0.15) is 12.2 Å². The van der Waals surface area contributed by atoms with Gasteiger partial charge in [0.25, 0.3) is 0 Å². The number of aliphatic hydroxyl groups is 1. The lowest BCUT2D eigenvalue weighted by atomic mass is 10.1. The van der Waals surface area contributed by atoms with Gasteiger partial charge in [-0.3, -0.25) is 0 Å². The average Bonchev–Trinajstić information content (AvgIpc) is 2.40. The molecular formula is C11H20O5. The van der Waals surface area contributed by atoms with Crippen molar-refractivity contribution in [2.75, 3.05) is 6.61 Å². The lowest BCUT2D eigenvalue weighted by molar-refractivity contribution is -0.119. The van der Waals surface area contributed by atoms with E-state index < -0.39 is 18.0 Å². The molecule has 0 radical (unpaired) electrons. The van der Waals surface area contributed by atoms with E-state index in [2.05, 4.69) is 0 Å². The van der Waals surface area contributed by atoms with Crippen LogP contribution in [0.4, 0.5) is 4.79 Å². The number of carbonyl (C=O) groups is 1. The fraction of sp³-hybridized carbons (Fsp3) is 0.909. The molecule has 3 atom stereocenters. The summed E-state index contributed by atoms with van der Waals surface area (Å²) in [6.07, 6.45) is -1.01. The van der Waals surface area contributed by atoms with E-state index in [1.54, 1.807) is 20.8 Å². The zero-order valence-corrected chi connectivity index (χ0v) is 10.2. The largest absolute Gasteiger partial charge is 0.508 e. The van der Waals surface area contributed by atoms with Gasteiger partial charge in [0.2, 0.25) is 0 Å². The van der Waals surface area contributed by atoms with Crippen molar-refractivity contribution in [3.8, 4) is 0 Å². The van der Waals surface area contributed by atoms with Gasteiger partial charge >= 0.3 is 6.16 Å². The van der Waals surface area contributed by atoms with Crippen molar-refractivity contribution in [2.45, 2.75) is 52.1 Å². The summed E-state index contributed by atoms with van der Waals surface area (Å²) in [7, 11) is 0. The fourth-order valence-corrected chi connectivity index (χ4v) is 1.47. The van der Waals surface area contributed by atoms with Crippen molar-refractivity contribution in [1.82, 2.24) is 0 Å². The van der Waals surface area contributed by atoms with E-state index >= 15 is 0 Å². The monoisotopic (exact) mass is 232 g/mol. The molecule has 16 heavy (non-hydrogen) atoms. The van der Waals surface area contributed by atoms with Crippen LogP contribution in [0.25, 0.3) is 0 Å². The highest BCUT2D eigenvalue weighted by Crippen LogP contribution is 2.24. The molecule has 0 aliphatic carbocycles. The molecule has 0 aromatic rings. The number of hydrogen-bond acceptors (Lipinski definition) is 5. The third-order valence-corrected chi connectivity index (χ3v) is 2.23. The van der Waals surface area contributed by atoms with Gasteiger partial charge in [0, 0.05) is 5.92 Å². The summed E-state index contributed by atoms with van der Waals surface area (Å²) in [5, 5.41) is 9.33. The fourth-order valence-electron chi connectivity index (χ4n) is 1.47. The first kappa shape index (κ1) is 13.3. The quantitative estimate of drug-likeness (QED) is 0.734. The summed E-state index contributed by atoms with van der Waals surface area (Å²) in [6.45, 7) is 7.32. The highest BCUT2D eigenvalue weighted by Gasteiger charge is 2.31. The Labute approximate surface area is 95.7 Å². The van der Waals surface area contributed by atoms with Crippen LogP contribution in [0, 0.1) is 5.92 Å². The summed E-state index contributed by atoms with van der Waals surface area (Å²) < 4.78 is 15.1. The number of rotatable bonds is 2. The van der Waals surface area contributed by atoms with Gasteiger partial charge in [-0.25, -0.2) is 4.79 Å². The van der Waals surface area contributed by atoms with E-state index in [0.717, 1.165) is 0 Å². The highest BCUT2D eigenvalue weighted by atomic mass is 16.7. The highest BCUT2D eigenvalue weighted by molar-refractivity contribution is 5.60. The maximum atomic E-state index is 11.2. The molecule has 3 unspecified atom stereocenters. The van der Waals surface area contributed by atoms with Gasteiger partial charge in [0.15, 0.2) is 6.29 Å². The van der Waals surface area contributed by atoms with E-state index in [0.29, 0.717) is 6.42 Å². The van der Waals surface area contributed by atoms with Gasteiger partial charge < -0.3 is 19.3 Å². The topological polar surface area (TPSA) is 65.0 Å². The molecule has 1 fully saturated rings. The molecule has 1 rings (SSSR count). The van der Waals surface area contributed by atoms with Crippen molar-refractivity contribution >= 4 is 6.16 Å². The van der Waals surface area contributed by atoms with E-state index in [9.17, 15) is 9.90 Å². The Morgan fingerprint density at radius 2 is 2.12 bits per heavy atom. The first-order valence-corrected chi connectivity index (χ1v) is 5.47. The molecule has 1 aliphatic heterocycles. The Balaban J connectivity index is 2.23. The minimum absolute atomic E-state index is 0.0761. The smallest absolute Gasteiger partial charge is 0.432 e. The van der Waals surface area contributed by atoms with E-state index in [4.69, 9.17) is 14.2 Å². The molecule has 0 bridgehead atoms. The molecule has 5 heteroatoms. The molecule has 94 valence electrons. The van der Waals surface area contributed by atoms with E-state index in [1.807, 2.05) is 6.92 Å². The third kappa shape index (κ3) is 4.37. The predicted octanol–water partition coefficient (Wildman–Crippen LogP) is 1.68. The van der Waals surface area contributed by atoms with Crippen LogP contribution >= 0.6 is 0 Å². The lowest BCUT2D eigenvalue weighted by Gasteiger charge is -2.19. The second-order valence-corrected chi connectivity index (χ2v) is 5.14. The molecule has 1 heterocycles. The van der Waals surface area contributed by atoms with Gasteiger partial charge in [-0.05, 0) is 27.2 Å². The summed E-state index contributed by atoms with van der Waals surface area (Å²) in [5.74, 6) is 0.0761. The number of carbonyl (C=O) groups excluding carboxylic acids is 1. The van der Waals surface area contributed by atoms with Crippen molar-refractivity contribution in [3.63, 3.8) is 0 Å². The third-order valence-electron chi connectivity index (χ3n) is 2.23. The zero-order valence-electron chi connectivity index (χ0n) is 10.2.